The molecule has 21 heavy (non-hydrogen) atoms. The van der Waals surface area contributed by atoms with Gasteiger partial charge in [-0.15, -0.1) is 22.7 Å². The summed E-state index contributed by atoms with van der Waals surface area (Å²) in [4.78, 5) is 30.5. The van der Waals surface area contributed by atoms with Crippen molar-refractivity contribution in [1.29, 1.82) is 0 Å². The summed E-state index contributed by atoms with van der Waals surface area (Å²) in [5.74, 6) is -1.02. The van der Waals surface area contributed by atoms with Crippen molar-refractivity contribution in [3.63, 3.8) is 0 Å². The number of rotatable bonds is 4. The maximum absolute atomic E-state index is 12.5. The molecular weight excluding hydrogens is 308 g/mol. The summed E-state index contributed by atoms with van der Waals surface area (Å²) in [6.45, 7) is 0.614. The second-order valence-corrected chi connectivity index (χ2v) is 6.71. The standard InChI is InChI=1S/C14H14N2O3S2/c17-12(18)7-9-3-1-5-16(9)14(19)10-8-21-13(15-10)11-4-2-6-20-11/h2,4,6,8-9H,1,3,5,7H2,(H,17,18). The van der Waals surface area contributed by atoms with Gasteiger partial charge in [-0.1, -0.05) is 6.07 Å². The third-order valence-electron chi connectivity index (χ3n) is 3.50. The fraction of sp³-hybridized carbons (Fsp3) is 0.357. The predicted molar refractivity (Wildman–Crippen MR) is 81.7 cm³/mol. The summed E-state index contributed by atoms with van der Waals surface area (Å²) in [6.07, 6.45) is 1.61. The zero-order valence-electron chi connectivity index (χ0n) is 11.2. The SMILES string of the molecule is O=C(O)CC1CCCN1C(=O)c1csc(-c2cccs2)n1. The van der Waals surface area contributed by atoms with E-state index in [1.54, 1.807) is 21.6 Å². The number of aliphatic carboxylic acids is 1. The van der Waals surface area contributed by atoms with Crippen molar-refractivity contribution in [2.24, 2.45) is 0 Å². The molecule has 1 atom stereocenters. The van der Waals surface area contributed by atoms with Gasteiger partial charge in [-0.2, -0.15) is 0 Å². The van der Waals surface area contributed by atoms with Crippen molar-refractivity contribution in [2.75, 3.05) is 6.54 Å². The molecule has 0 aliphatic carbocycles. The van der Waals surface area contributed by atoms with Gasteiger partial charge in [0.2, 0.25) is 0 Å². The fourth-order valence-electron chi connectivity index (χ4n) is 2.55. The van der Waals surface area contributed by atoms with E-state index < -0.39 is 5.97 Å². The number of hydrogen-bond acceptors (Lipinski definition) is 5. The van der Waals surface area contributed by atoms with Crippen molar-refractivity contribution in [2.45, 2.75) is 25.3 Å². The molecule has 0 bridgehead atoms. The van der Waals surface area contributed by atoms with Gasteiger partial charge in [0.1, 0.15) is 10.7 Å². The quantitative estimate of drug-likeness (QED) is 0.939. The summed E-state index contributed by atoms with van der Waals surface area (Å²) in [7, 11) is 0. The maximum Gasteiger partial charge on any atom is 0.305 e. The summed E-state index contributed by atoms with van der Waals surface area (Å²) >= 11 is 3.03. The molecule has 1 fully saturated rings. The highest BCUT2D eigenvalue weighted by Gasteiger charge is 2.32. The highest BCUT2D eigenvalue weighted by Crippen LogP contribution is 2.29. The van der Waals surface area contributed by atoms with Gasteiger partial charge >= 0.3 is 5.97 Å². The van der Waals surface area contributed by atoms with Crippen molar-refractivity contribution in [1.82, 2.24) is 9.88 Å². The zero-order chi connectivity index (χ0) is 14.8. The number of aromatic nitrogens is 1. The van der Waals surface area contributed by atoms with E-state index >= 15 is 0 Å². The Hall–Kier alpha value is -1.73. The van der Waals surface area contributed by atoms with Crippen LogP contribution in [0.4, 0.5) is 0 Å². The first kappa shape index (κ1) is 14.2. The van der Waals surface area contributed by atoms with Gasteiger partial charge in [-0.25, -0.2) is 4.98 Å². The van der Waals surface area contributed by atoms with Crippen LogP contribution < -0.4 is 0 Å². The van der Waals surface area contributed by atoms with Crippen LogP contribution in [0.5, 0.6) is 0 Å². The number of nitrogens with zero attached hydrogens (tertiary/aromatic N) is 2. The Kier molecular flexibility index (Phi) is 4.03. The summed E-state index contributed by atoms with van der Waals surface area (Å²) in [6, 6.07) is 3.72. The smallest absolute Gasteiger partial charge is 0.305 e. The van der Waals surface area contributed by atoms with Gasteiger partial charge in [0.25, 0.3) is 5.91 Å². The molecule has 110 valence electrons. The number of likely N-dealkylation sites (tertiary alicyclic amines) is 1. The number of hydrogen-bond donors (Lipinski definition) is 1. The lowest BCUT2D eigenvalue weighted by Gasteiger charge is -2.22. The Morgan fingerprint density at radius 2 is 2.29 bits per heavy atom. The molecule has 0 radical (unpaired) electrons. The van der Waals surface area contributed by atoms with Crippen LogP contribution >= 0.6 is 22.7 Å². The van der Waals surface area contributed by atoms with E-state index in [-0.39, 0.29) is 18.4 Å². The Labute approximate surface area is 129 Å². The summed E-state index contributed by atoms with van der Waals surface area (Å²) in [5.41, 5.74) is 0.417. The molecule has 1 N–H and O–H groups in total. The summed E-state index contributed by atoms with van der Waals surface area (Å²) < 4.78 is 0. The van der Waals surface area contributed by atoms with Crippen LogP contribution in [-0.4, -0.2) is 39.5 Å². The highest BCUT2D eigenvalue weighted by atomic mass is 32.1. The number of carbonyl (C=O) groups is 2. The van der Waals surface area contributed by atoms with Crippen molar-refractivity contribution in [3.05, 3.63) is 28.6 Å². The first-order chi connectivity index (χ1) is 10.1. The Balaban J connectivity index is 1.77. The van der Waals surface area contributed by atoms with Gasteiger partial charge < -0.3 is 10.0 Å². The van der Waals surface area contributed by atoms with Crippen LogP contribution in [-0.2, 0) is 4.79 Å². The maximum atomic E-state index is 12.5. The lowest BCUT2D eigenvalue weighted by Crippen LogP contribution is -2.37. The molecule has 2 aromatic heterocycles. The number of thiophene rings is 1. The molecule has 0 aromatic carbocycles. The fourth-order valence-corrected chi connectivity index (χ4v) is 4.16. The Bertz CT molecular complexity index is 651. The zero-order valence-corrected chi connectivity index (χ0v) is 12.8. The molecule has 1 saturated heterocycles. The molecule has 3 heterocycles. The molecule has 2 aromatic rings. The van der Waals surface area contributed by atoms with E-state index in [1.165, 1.54) is 11.3 Å². The largest absolute Gasteiger partial charge is 0.481 e. The van der Waals surface area contributed by atoms with Gasteiger partial charge in [-0.3, -0.25) is 9.59 Å². The van der Waals surface area contributed by atoms with Gasteiger partial charge in [0.15, 0.2) is 0 Å². The monoisotopic (exact) mass is 322 g/mol. The van der Waals surface area contributed by atoms with Crippen LogP contribution in [0.2, 0.25) is 0 Å². The van der Waals surface area contributed by atoms with Crippen LogP contribution in [0.15, 0.2) is 22.9 Å². The van der Waals surface area contributed by atoms with Gasteiger partial charge in [0, 0.05) is 18.0 Å². The molecular formula is C14H14N2O3S2. The molecule has 1 unspecified atom stereocenters. The van der Waals surface area contributed by atoms with E-state index in [9.17, 15) is 9.59 Å². The molecule has 0 spiro atoms. The van der Waals surface area contributed by atoms with Gasteiger partial charge in [-0.05, 0) is 24.3 Å². The molecule has 1 aliphatic heterocycles. The van der Waals surface area contributed by atoms with Crippen LogP contribution in [0.25, 0.3) is 9.88 Å². The lowest BCUT2D eigenvalue weighted by molar-refractivity contribution is -0.137. The van der Waals surface area contributed by atoms with E-state index in [2.05, 4.69) is 4.98 Å². The third-order valence-corrected chi connectivity index (χ3v) is 5.38. The summed E-state index contributed by atoms with van der Waals surface area (Å²) in [5, 5.41) is 13.5. The molecule has 7 heteroatoms. The second kappa shape index (κ2) is 5.95. The van der Waals surface area contributed by atoms with Crippen molar-refractivity contribution >= 4 is 34.6 Å². The first-order valence-electron chi connectivity index (χ1n) is 6.67. The average molecular weight is 322 g/mol. The minimum atomic E-state index is -0.864. The molecule has 0 saturated carbocycles. The average Bonchev–Trinajstić information content (AvgIpc) is 3.18. The van der Waals surface area contributed by atoms with Crippen LogP contribution in [0.1, 0.15) is 29.8 Å². The van der Waals surface area contributed by atoms with Gasteiger partial charge in [0.05, 0.1) is 11.3 Å². The minimum Gasteiger partial charge on any atom is -0.481 e. The van der Waals surface area contributed by atoms with Crippen LogP contribution in [0, 0.1) is 0 Å². The van der Waals surface area contributed by atoms with E-state index in [1.807, 2.05) is 17.5 Å². The van der Waals surface area contributed by atoms with E-state index in [4.69, 9.17) is 5.11 Å². The number of carboxylic acids is 1. The number of carbonyl (C=O) groups excluding carboxylic acids is 1. The number of thiazole rings is 1. The normalized spacial score (nSPS) is 18.1. The molecule has 5 nitrogen and oxygen atoms in total. The Morgan fingerprint density at radius 1 is 1.43 bits per heavy atom. The van der Waals surface area contributed by atoms with E-state index in [0.717, 1.165) is 22.7 Å². The molecule has 1 amide bonds. The predicted octanol–water partition coefficient (Wildman–Crippen LogP) is 2.95. The first-order valence-corrected chi connectivity index (χ1v) is 8.43. The van der Waals surface area contributed by atoms with Crippen LogP contribution in [0.3, 0.4) is 0 Å². The van der Waals surface area contributed by atoms with E-state index in [0.29, 0.717) is 12.2 Å². The number of amides is 1. The lowest BCUT2D eigenvalue weighted by atomic mass is 10.1. The molecule has 1 aliphatic rings. The minimum absolute atomic E-state index is 0.00760. The third kappa shape index (κ3) is 2.98. The Morgan fingerprint density at radius 3 is 3.00 bits per heavy atom. The molecule has 3 rings (SSSR count). The van der Waals surface area contributed by atoms with Crippen molar-refractivity contribution in [3.8, 4) is 9.88 Å². The van der Waals surface area contributed by atoms with Crippen molar-refractivity contribution < 1.29 is 14.7 Å². The number of carboxylic acid groups (broad SMARTS) is 1. The highest BCUT2D eigenvalue weighted by molar-refractivity contribution is 7.20. The topological polar surface area (TPSA) is 70.5 Å². The second-order valence-electron chi connectivity index (χ2n) is 4.91.